The van der Waals surface area contributed by atoms with E-state index in [-0.39, 0.29) is 17.5 Å². The lowest BCUT2D eigenvalue weighted by Crippen LogP contribution is -2.38. The molecule has 0 aromatic heterocycles. The van der Waals surface area contributed by atoms with Crippen molar-refractivity contribution >= 4 is 17.3 Å². The largest absolute Gasteiger partial charge is 0.368 e. The highest BCUT2D eigenvalue weighted by molar-refractivity contribution is 5.96. The Kier molecular flexibility index (Phi) is 3.80. The lowest BCUT2D eigenvalue weighted by molar-refractivity contribution is -0.384. The van der Waals surface area contributed by atoms with Crippen molar-refractivity contribution in [1.29, 1.82) is 0 Å². The van der Waals surface area contributed by atoms with E-state index in [1.165, 1.54) is 17.0 Å². The van der Waals surface area contributed by atoms with Crippen LogP contribution in [0.4, 0.5) is 11.4 Å². The number of hydrogen-bond acceptors (Lipinski definition) is 4. The van der Waals surface area contributed by atoms with E-state index in [0.717, 1.165) is 6.42 Å². The van der Waals surface area contributed by atoms with Gasteiger partial charge in [-0.3, -0.25) is 14.9 Å². The number of anilines is 1. The number of amides is 1. The number of non-ortho nitro benzene ring substituents is 1. The van der Waals surface area contributed by atoms with Crippen molar-refractivity contribution in [3.8, 4) is 0 Å². The standard InChI is InChI=1S/C13H16N2O4/c1-9-6-7-19-12(9)13(16)14(2)10-4-3-5-11(8-10)15(17)18/h3-5,8-9,12H,6-7H2,1-2H3/t9-,12+/m1/s1. The summed E-state index contributed by atoms with van der Waals surface area (Å²) in [6, 6.07) is 6.02. The molecule has 1 aliphatic rings. The summed E-state index contributed by atoms with van der Waals surface area (Å²) < 4.78 is 5.42. The second-order valence-corrected chi connectivity index (χ2v) is 4.73. The molecule has 0 saturated carbocycles. The first-order valence-corrected chi connectivity index (χ1v) is 6.14. The van der Waals surface area contributed by atoms with Gasteiger partial charge >= 0.3 is 0 Å². The van der Waals surface area contributed by atoms with Crippen LogP contribution in [0.3, 0.4) is 0 Å². The minimum absolute atomic E-state index is 0.0301. The molecular weight excluding hydrogens is 248 g/mol. The zero-order valence-electron chi connectivity index (χ0n) is 10.9. The Labute approximate surface area is 111 Å². The fourth-order valence-electron chi connectivity index (χ4n) is 2.14. The maximum Gasteiger partial charge on any atom is 0.271 e. The first-order chi connectivity index (χ1) is 9.00. The maximum atomic E-state index is 12.3. The Balaban J connectivity index is 2.19. The van der Waals surface area contributed by atoms with Crippen molar-refractivity contribution in [3.63, 3.8) is 0 Å². The Morgan fingerprint density at radius 3 is 2.84 bits per heavy atom. The van der Waals surface area contributed by atoms with Gasteiger partial charge in [0, 0.05) is 25.8 Å². The van der Waals surface area contributed by atoms with Gasteiger partial charge in [0.25, 0.3) is 11.6 Å². The predicted octanol–water partition coefficient (Wildman–Crippen LogP) is 1.98. The van der Waals surface area contributed by atoms with E-state index in [1.807, 2.05) is 6.92 Å². The third-order valence-corrected chi connectivity index (χ3v) is 3.39. The molecule has 1 fully saturated rings. The van der Waals surface area contributed by atoms with Crippen molar-refractivity contribution < 1.29 is 14.5 Å². The molecule has 6 heteroatoms. The summed E-state index contributed by atoms with van der Waals surface area (Å²) in [5.41, 5.74) is 0.472. The van der Waals surface area contributed by atoms with Gasteiger partial charge in [-0.25, -0.2) is 0 Å². The monoisotopic (exact) mass is 264 g/mol. The number of ether oxygens (including phenoxy) is 1. The Morgan fingerprint density at radius 2 is 2.26 bits per heavy atom. The van der Waals surface area contributed by atoms with E-state index < -0.39 is 11.0 Å². The van der Waals surface area contributed by atoms with E-state index >= 15 is 0 Å². The van der Waals surface area contributed by atoms with Crippen molar-refractivity contribution in [2.45, 2.75) is 19.4 Å². The SMILES string of the molecule is C[C@@H]1CCO[C@@H]1C(=O)N(C)c1cccc([N+](=O)[O-])c1. The number of nitro benzene ring substituents is 1. The van der Waals surface area contributed by atoms with Crippen LogP contribution in [0, 0.1) is 16.0 Å². The van der Waals surface area contributed by atoms with Gasteiger partial charge < -0.3 is 9.64 Å². The Hall–Kier alpha value is -1.95. The van der Waals surface area contributed by atoms with Gasteiger partial charge in [-0.1, -0.05) is 13.0 Å². The molecule has 1 amide bonds. The molecule has 102 valence electrons. The van der Waals surface area contributed by atoms with Crippen LogP contribution in [0.15, 0.2) is 24.3 Å². The molecule has 1 saturated heterocycles. The Bertz CT molecular complexity index is 503. The smallest absolute Gasteiger partial charge is 0.271 e. The van der Waals surface area contributed by atoms with Gasteiger partial charge in [-0.15, -0.1) is 0 Å². The van der Waals surface area contributed by atoms with E-state index in [2.05, 4.69) is 0 Å². The average molecular weight is 264 g/mol. The van der Waals surface area contributed by atoms with Gasteiger partial charge in [0.15, 0.2) is 0 Å². The van der Waals surface area contributed by atoms with Gasteiger partial charge in [0.2, 0.25) is 0 Å². The van der Waals surface area contributed by atoms with Crippen molar-refractivity contribution in [1.82, 2.24) is 0 Å². The predicted molar refractivity (Wildman–Crippen MR) is 70.0 cm³/mol. The molecule has 19 heavy (non-hydrogen) atoms. The number of rotatable bonds is 3. The molecule has 1 heterocycles. The first kappa shape index (κ1) is 13.5. The molecule has 0 N–H and O–H groups in total. The lowest BCUT2D eigenvalue weighted by Gasteiger charge is -2.22. The average Bonchev–Trinajstić information content (AvgIpc) is 2.83. The minimum Gasteiger partial charge on any atom is -0.368 e. The van der Waals surface area contributed by atoms with Gasteiger partial charge in [-0.2, -0.15) is 0 Å². The molecule has 0 bridgehead atoms. The quantitative estimate of drug-likeness (QED) is 0.618. The fraction of sp³-hybridized carbons (Fsp3) is 0.462. The van der Waals surface area contributed by atoms with Gasteiger partial charge in [-0.05, 0) is 18.4 Å². The summed E-state index contributed by atoms with van der Waals surface area (Å²) in [4.78, 5) is 23.9. The van der Waals surface area contributed by atoms with Crippen molar-refractivity contribution in [2.24, 2.45) is 5.92 Å². The highest BCUT2D eigenvalue weighted by Gasteiger charge is 2.33. The summed E-state index contributed by atoms with van der Waals surface area (Å²) in [5, 5.41) is 10.7. The number of hydrogen-bond donors (Lipinski definition) is 0. The van der Waals surface area contributed by atoms with Crippen LogP contribution in [0.25, 0.3) is 0 Å². The molecule has 2 rings (SSSR count). The molecule has 0 aliphatic carbocycles. The number of likely N-dealkylation sites (N-methyl/N-ethyl adjacent to an activating group) is 1. The molecule has 2 atom stereocenters. The minimum atomic E-state index is -0.476. The van der Waals surface area contributed by atoms with Crippen LogP contribution in [-0.2, 0) is 9.53 Å². The lowest BCUT2D eigenvalue weighted by atomic mass is 10.0. The van der Waals surface area contributed by atoms with E-state index in [0.29, 0.717) is 12.3 Å². The normalized spacial score (nSPS) is 22.2. The van der Waals surface area contributed by atoms with Crippen LogP contribution in [0.5, 0.6) is 0 Å². The summed E-state index contributed by atoms with van der Waals surface area (Å²) in [7, 11) is 1.61. The van der Waals surface area contributed by atoms with E-state index in [9.17, 15) is 14.9 Å². The molecular formula is C13H16N2O4. The number of nitro groups is 1. The number of carbonyl (C=O) groups is 1. The topological polar surface area (TPSA) is 72.7 Å². The molecule has 0 unspecified atom stereocenters. The van der Waals surface area contributed by atoms with Crippen LogP contribution >= 0.6 is 0 Å². The second kappa shape index (κ2) is 5.36. The summed E-state index contributed by atoms with van der Waals surface area (Å²) in [5.74, 6) is 0.0131. The van der Waals surface area contributed by atoms with Gasteiger partial charge in [0.05, 0.1) is 10.6 Å². The molecule has 1 aromatic carbocycles. The zero-order valence-corrected chi connectivity index (χ0v) is 10.9. The third kappa shape index (κ3) is 2.73. The molecule has 0 spiro atoms. The molecule has 6 nitrogen and oxygen atoms in total. The van der Waals surface area contributed by atoms with Crippen molar-refractivity contribution in [2.75, 3.05) is 18.6 Å². The summed E-state index contributed by atoms with van der Waals surface area (Å²) in [6.45, 7) is 2.55. The highest BCUT2D eigenvalue weighted by Crippen LogP contribution is 2.25. The number of carbonyl (C=O) groups excluding carboxylic acids is 1. The molecule has 1 aromatic rings. The zero-order chi connectivity index (χ0) is 14.0. The maximum absolute atomic E-state index is 12.3. The summed E-state index contributed by atoms with van der Waals surface area (Å²) in [6.07, 6.45) is 0.406. The van der Waals surface area contributed by atoms with Crippen LogP contribution < -0.4 is 4.90 Å². The molecule has 0 radical (unpaired) electrons. The number of nitrogens with zero attached hydrogens (tertiary/aromatic N) is 2. The summed E-state index contributed by atoms with van der Waals surface area (Å²) >= 11 is 0. The fourth-order valence-corrected chi connectivity index (χ4v) is 2.14. The van der Waals surface area contributed by atoms with Crippen LogP contribution in [0.2, 0.25) is 0 Å². The van der Waals surface area contributed by atoms with Crippen molar-refractivity contribution in [3.05, 3.63) is 34.4 Å². The van der Waals surface area contributed by atoms with E-state index in [1.54, 1.807) is 19.2 Å². The second-order valence-electron chi connectivity index (χ2n) is 4.73. The van der Waals surface area contributed by atoms with Crippen LogP contribution in [0.1, 0.15) is 13.3 Å². The first-order valence-electron chi connectivity index (χ1n) is 6.14. The third-order valence-electron chi connectivity index (χ3n) is 3.39. The van der Waals surface area contributed by atoms with Gasteiger partial charge in [0.1, 0.15) is 6.10 Å². The Morgan fingerprint density at radius 1 is 1.53 bits per heavy atom. The molecule has 1 aliphatic heterocycles. The highest BCUT2D eigenvalue weighted by atomic mass is 16.6. The van der Waals surface area contributed by atoms with Crippen LogP contribution in [-0.4, -0.2) is 30.6 Å². The van der Waals surface area contributed by atoms with E-state index in [4.69, 9.17) is 4.74 Å². The number of benzene rings is 1.